The molecule has 1 N–H and O–H groups in total. The number of thiophene rings is 1. The Bertz CT molecular complexity index is 1730. The molecule has 0 spiro atoms. The summed E-state index contributed by atoms with van der Waals surface area (Å²) in [5.41, 5.74) is -1.29. The van der Waals surface area contributed by atoms with Gasteiger partial charge in [-0.15, -0.1) is 11.3 Å². The zero-order chi connectivity index (χ0) is 33.3. The van der Waals surface area contributed by atoms with Crippen molar-refractivity contribution in [3.8, 4) is 17.2 Å². The summed E-state index contributed by atoms with van der Waals surface area (Å²) >= 11 is 0.949. The van der Waals surface area contributed by atoms with Crippen LogP contribution >= 0.6 is 11.3 Å². The Morgan fingerprint density at radius 3 is 2.36 bits per heavy atom. The van der Waals surface area contributed by atoms with Crippen LogP contribution in [0.25, 0.3) is 0 Å². The second kappa shape index (κ2) is 13.3. The summed E-state index contributed by atoms with van der Waals surface area (Å²) in [5.74, 6) is -0.000480. The van der Waals surface area contributed by atoms with Gasteiger partial charge in [-0.2, -0.15) is 12.7 Å². The number of piperazine rings is 1. The van der Waals surface area contributed by atoms with E-state index in [1.807, 2.05) is 6.92 Å². The van der Waals surface area contributed by atoms with Gasteiger partial charge in [0.2, 0.25) is 0 Å². The van der Waals surface area contributed by atoms with Crippen LogP contribution < -0.4 is 23.8 Å². The van der Waals surface area contributed by atoms with E-state index in [1.54, 1.807) is 46.7 Å². The molecule has 252 valence electrons. The van der Waals surface area contributed by atoms with Gasteiger partial charge in [0.25, 0.3) is 15.9 Å². The Labute approximate surface area is 279 Å². The molecule has 1 unspecified atom stereocenters. The molecule has 0 saturated carbocycles. The summed E-state index contributed by atoms with van der Waals surface area (Å²) in [6.45, 7) is 6.56. The van der Waals surface area contributed by atoms with Crippen LogP contribution in [-0.4, -0.2) is 108 Å². The first-order valence-corrected chi connectivity index (χ1v) is 18.1. The molecule has 12 nitrogen and oxygen atoms in total. The van der Waals surface area contributed by atoms with Crippen molar-refractivity contribution in [2.75, 3.05) is 71.4 Å². The van der Waals surface area contributed by atoms with E-state index >= 15 is 4.79 Å². The molecule has 2 aromatic carbocycles. The zero-order valence-corrected chi connectivity index (χ0v) is 28.7. The number of nitrogens with zero attached hydrogens (tertiary/aromatic N) is 4. The van der Waals surface area contributed by atoms with E-state index in [2.05, 4.69) is 22.2 Å². The normalized spacial score (nSPS) is 21.1. The molecule has 3 aliphatic heterocycles. The van der Waals surface area contributed by atoms with Gasteiger partial charge in [0, 0.05) is 43.3 Å². The van der Waals surface area contributed by atoms with Gasteiger partial charge in [-0.1, -0.05) is 18.2 Å². The zero-order valence-electron chi connectivity index (χ0n) is 27.1. The number of methoxy groups -OCH3 is 2. The van der Waals surface area contributed by atoms with Gasteiger partial charge < -0.3 is 29.3 Å². The molecule has 0 radical (unpaired) electrons. The van der Waals surface area contributed by atoms with E-state index in [-0.39, 0.29) is 27.8 Å². The second-order valence-corrected chi connectivity index (χ2v) is 14.8. The third kappa shape index (κ3) is 5.81. The molecule has 2 fully saturated rings. The number of hydrogen-bond acceptors (Lipinski definition) is 10. The lowest BCUT2D eigenvalue weighted by Crippen LogP contribution is -2.61. The smallest absolute Gasteiger partial charge is 0.318 e. The molecule has 0 bridgehead atoms. The predicted molar refractivity (Wildman–Crippen MR) is 179 cm³/mol. The largest absolute Gasteiger partial charge is 0.497 e. The number of amides is 3. The first kappa shape index (κ1) is 33.1. The minimum absolute atomic E-state index is 0.102. The van der Waals surface area contributed by atoms with Crippen LogP contribution in [0.1, 0.15) is 30.9 Å². The molecule has 3 amide bonds. The maximum atomic E-state index is 15.1. The lowest BCUT2D eigenvalue weighted by atomic mass is 9.83. The van der Waals surface area contributed by atoms with Gasteiger partial charge in [0.05, 0.1) is 26.5 Å². The fraction of sp³-hybridized carbons (Fsp3) is 0.455. The molecule has 0 aliphatic carbocycles. The molecule has 4 heterocycles. The average Bonchev–Trinajstić information content (AvgIpc) is 3.67. The number of anilines is 1. The molecule has 14 heteroatoms. The van der Waals surface area contributed by atoms with Crippen molar-refractivity contribution in [2.45, 2.75) is 35.6 Å². The minimum Gasteiger partial charge on any atom is -0.497 e. The van der Waals surface area contributed by atoms with Crippen molar-refractivity contribution in [1.29, 1.82) is 0 Å². The monoisotopic (exact) mass is 683 g/mol. The number of fused-ring (bicyclic) bond motifs is 1. The number of para-hydroxylation sites is 1. The molecule has 1 atom stereocenters. The van der Waals surface area contributed by atoms with Crippen molar-refractivity contribution < 1.29 is 32.2 Å². The highest BCUT2D eigenvalue weighted by atomic mass is 32.2. The highest BCUT2D eigenvalue weighted by Gasteiger charge is 2.59. The summed E-state index contributed by atoms with van der Waals surface area (Å²) in [5, 5.41) is 4.64. The lowest BCUT2D eigenvalue weighted by Gasteiger charge is -2.43. The Morgan fingerprint density at radius 1 is 0.957 bits per heavy atom. The molecule has 47 heavy (non-hydrogen) atoms. The fourth-order valence-electron chi connectivity index (χ4n) is 6.84. The summed E-state index contributed by atoms with van der Waals surface area (Å²) < 4.78 is 46.3. The summed E-state index contributed by atoms with van der Waals surface area (Å²) in [6.07, 6.45) is 2.18. The van der Waals surface area contributed by atoms with Gasteiger partial charge in [0.1, 0.15) is 17.2 Å². The molecule has 2 saturated heterocycles. The van der Waals surface area contributed by atoms with Gasteiger partial charge in [-0.25, -0.2) is 4.79 Å². The average molecular weight is 684 g/mol. The Kier molecular flexibility index (Phi) is 9.38. The standard InChI is InChI=1S/C33H41N5O7S2/c1-5-45-28-9-7-6-8-25(28)33(34-32(40)37-19-17-36(18-20-37)23-12-15-35(2)16-13-23)26-22-24(43-3)10-11-27(26)38(31(33)39)47(41,42)30-29(44-4)14-21-46-30/h6-11,14,21-23H,5,12-13,15-20H2,1-4H3,(H,34,40). The topological polar surface area (TPSA) is 121 Å². The number of nitrogens with one attached hydrogen (secondary N) is 1. The molecule has 6 rings (SSSR count). The summed E-state index contributed by atoms with van der Waals surface area (Å²) in [4.78, 5) is 35.8. The summed E-state index contributed by atoms with van der Waals surface area (Å²) in [6, 6.07) is 13.2. The number of carbonyl (C=O) groups is 2. The molecular weight excluding hydrogens is 643 g/mol. The highest BCUT2D eigenvalue weighted by Crippen LogP contribution is 2.51. The van der Waals surface area contributed by atoms with E-state index in [0.717, 1.165) is 41.6 Å². The van der Waals surface area contributed by atoms with Crippen molar-refractivity contribution >= 4 is 39.0 Å². The van der Waals surface area contributed by atoms with Crippen LogP contribution in [0.15, 0.2) is 58.1 Å². The number of likely N-dealkylation sites (tertiary alicyclic amines) is 1. The molecule has 1 aromatic heterocycles. The number of benzene rings is 2. The van der Waals surface area contributed by atoms with Crippen LogP contribution in [0.2, 0.25) is 0 Å². The van der Waals surface area contributed by atoms with Gasteiger partial charge in [0.15, 0.2) is 9.75 Å². The van der Waals surface area contributed by atoms with Gasteiger partial charge >= 0.3 is 6.03 Å². The second-order valence-electron chi connectivity index (χ2n) is 11.9. The van der Waals surface area contributed by atoms with Crippen LogP contribution in [0.3, 0.4) is 0 Å². The minimum atomic E-state index is -4.49. The van der Waals surface area contributed by atoms with Crippen molar-refractivity contribution in [1.82, 2.24) is 20.0 Å². The SMILES string of the molecule is CCOc1ccccc1C1(NC(=O)N2CCN(C3CCN(C)CC3)CC2)C(=O)N(S(=O)(=O)c2sccc2OC)c2ccc(OC)cc21. The quantitative estimate of drug-likeness (QED) is 0.361. The van der Waals surface area contributed by atoms with Crippen LogP contribution in [0, 0.1) is 0 Å². The Balaban J connectivity index is 1.43. The molecular formula is C33H41N5O7S2. The maximum absolute atomic E-state index is 15.1. The lowest BCUT2D eigenvalue weighted by molar-refractivity contribution is -0.121. The number of sulfonamides is 1. The van der Waals surface area contributed by atoms with E-state index in [0.29, 0.717) is 49.3 Å². The maximum Gasteiger partial charge on any atom is 0.318 e. The van der Waals surface area contributed by atoms with E-state index in [1.165, 1.54) is 26.4 Å². The number of carbonyl (C=O) groups excluding carboxylic acids is 2. The number of urea groups is 1. The molecule has 3 aliphatic rings. The highest BCUT2D eigenvalue weighted by molar-refractivity contribution is 7.95. The van der Waals surface area contributed by atoms with Crippen molar-refractivity contribution in [2.24, 2.45) is 0 Å². The van der Waals surface area contributed by atoms with E-state index in [4.69, 9.17) is 14.2 Å². The Morgan fingerprint density at radius 2 is 1.68 bits per heavy atom. The Hall–Kier alpha value is -3.85. The van der Waals surface area contributed by atoms with Gasteiger partial charge in [-0.05, 0) is 75.6 Å². The number of ether oxygens (including phenoxy) is 3. The van der Waals surface area contributed by atoms with Crippen molar-refractivity contribution in [3.05, 3.63) is 65.0 Å². The first-order valence-electron chi connectivity index (χ1n) is 15.8. The van der Waals surface area contributed by atoms with E-state index in [9.17, 15) is 13.2 Å². The summed E-state index contributed by atoms with van der Waals surface area (Å²) in [7, 11) is 0.514. The first-order chi connectivity index (χ1) is 22.6. The molecule has 3 aromatic rings. The third-order valence-electron chi connectivity index (χ3n) is 9.31. The van der Waals surface area contributed by atoms with Crippen molar-refractivity contribution in [3.63, 3.8) is 0 Å². The number of piperidine rings is 1. The number of hydrogen-bond donors (Lipinski definition) is 1. The van der Waals surface area contributed by atoms with E-state index < -0.39 is 27.5 Å². The third-order valence-corrected chi connectivity index (χ3v) is 12.4. The number of rotatable bonds is 9. The van der Waals surface area contributed by atoms with Crippen LogP contribution in [-0.2, 0) is 20.4 Å². The van der Waals surface area contributed by atoms with Crippen LogP contribution in [0.4, 0.5) is 10.5 Å². The van der Waals surface area contributed by atoms with Gasteiger partial charge in [-0.3, -0.25) is 9.69 Å². The van der Waals surface area contributed by atoms with Crippen LogP contribution in [0.5, 0.6) is 17.2 Å². The predicted octanol–water partition coefficient (Wildman–Crippen LogP) is 3.56. The fourth-order valence-corrected chi connectivity index (χ4v) is 9.64.